The van der Waals surface area contributed by atoms with Crippen molar-refractivity contribution in [3.63, 3.8) is 0 Å². The number of rotatable bonds is 0. The van der Waals surface area contributed by atoms with Crippen LogP contribution >= 0.6 is 0 Å². The van der Waals surface area contributed by atoms with Gasteiger partial charge in [0.05, 0.1) is 5.69 Å². The number of pyridine rings is 1. The zero-order valence-corrected chi connectivity index (χ0v) is 7.81. The molecular formula is C9H8N4O. The standard InChI is InChI=1S/C9H8N4O/c1-5-7(4-10)8(14)3-9-11-6(2)12-13(5)9/h3,14H,1-2H3. The van der Waals surface area contributed by atoms with E-state index < -0.39 is 0 Å². The molecule has 0 saturated heterocycles. The first-order chi connectivity index (χ1) is 6.63. The van der Waals surface area contributed by atoms with Gasteiger partial charge in [-0.3, -0.25) is 0 Å². The Labute approximate surface area is 80.2 Å². The van der Waals surface area contributed by atoms with E-state index in [4.69, 9.17) is 5.26 Å². The molecule has 0 saturated carbocycles. The molecule has 0 radical (unpaired) electrons. The third-order valence-electron chi connectivity index (χ3n) is 2.05. The highest BCUT2D eigenvalue weighted by Gasteiger charge is 2.11. The molecule has 0 amide bonds. The molecule has 1 N–H and O–H groups in total. The van der Waals surface area contributed by atoms with Gasteiger partial charge in [0.2, 0.25) is 0 Å². The van der Waals surface area contributed by atoms with E-state index in [1.54, 1.807) is 18.4 Å². The van der Waals surface area contributed by atoms with Crippen molar-refractivity contribution in [2.24, 2.45) is 0 Å². The third-order valence-corrected chi connectivity index (χ3v) is 2.05. The van der Waals surface area contributed by atoms with Crippen LogP contribution in [0.3, 0.4) is 0 Å². The molecule has 5 heteroatoms. The maximum absolute atomic E-state index is 9.50. The predicted molar refractivity (Wildman–Crippen MR) is 48.8 cm³/mol. The zero-order chi connectivity index (χ0) is 10.3. The van der Waals surface area contributed by atoms with Crippen LogP contribution in [0.1, 0.15) is 17.1 Å². The second-order valence-corrected chi connectivity index (χ2v) is 3.03. The van der Waals surface area contributed by atoms with Gasteiger partial charge in [-0.05, 0) is 13.8 Å². The third kappa shape index (κ3) is 1.01. The Kier molecular flexibility index (Phi) is 1.64. The van der Waals surface area contributed by atoms with E-state index in [9.17, 15) is 5.11 Å². The van der Waals surface area contributed by atoms with Crippen LogP contribution in [0, 0.1) is 25.2 Å². The van der Waals surface area contributed by atoms with Crippen LogP contribution in [-0.4, -0.2) is 19.7 Å². The molecule has 70 valence electrons. The maximum Gasteiger partial charge on any atom is 0.159 e. The normalized spacial score (nSPS) is 10.4. The Balaban J connectivity index is 2.93. The highest BCUT2D eigenvalue weighted by molar-refractivity contribution is 5.54. The van der Waals surface area contributed by atoms with Crippen molar-refractivity contribution in [1.29, 1.82) is 5.26 Å². The SMILES string of the molecule is Cc1nc2cc(O)c(C#N)c(C)n2n1. The average molecular weight is 188 g/mol. The molecule has 0 fully saturated rings. The molecule has 14 heavy (non-hydrogen) atoms. The summed E-state index contributed by atoms with van der Waals surface area (Å²) in [7, 11) is 0. The second kappa shape index (κ2) is 2.70. The number of hydrogen-bond donors (Lipinski definition) is 1. The van der Waals surface area contributed by atoms with E-state index in [1.807, 2.05) is 6.07 Å². The summed E-state index contributed by atoms with van der Waals surface area (Å²) in [4.78, 5) is 4.09. The summed E-state index contributed by atoms with van der Waals surface area (Å²) in [5, 5.41) is 22.4. The zero-order valence-electron chi connectivity index (χ0n) is 7.81. The summed E-state index contributed by atoms with van der Waals surface area (Å²) in [6.07, 6.45) is 0. The Hall–Kier alpha value is -2.09. The maximum atomic E-state index is 9.50. The highest BCUT2D eigenvalue weighted by atomic mass is 16.3. The van der Waals surface area contributed by atoms with Gasteiger partial charge in [0.25, 0.3) is 0 Å². The van der Waals surface area contributed by atoms with Gasteiger partial charge in [0, 0.05) is 6.07 Å². The van der Waals surface area contributed by atoms with Crippen molar-refractivity contribution in [3.8, 4) is 11.8 Å². The van der Waals surface area contributed by atoms with Crippen LogP contribution in [-0.2, 0) is 0 Å². The van der Waals surface area contributed by atoms with Gasteiger partial charge in [0.15, 0.2) is 5.65 Å². The number of aromatic hydroxyl groups is 1. The average Bonchev–Trinajstić information content (AvgIpc) is 2.47. The Morgan fingerprint density at radius 1 is 1.50 bits per heavy atom. The predicted octanol–water partition coefficient (Wildman–Crippen LogP) is 0.923. The van der Waals surface area contributed by atoms with E-state index in [2.05, 4.69) is 10.1 Å². The van der Waals surface area contributed by atoms with Gasteiger partial charge in [-0.2, -0.15) is 10.4 Å². The molecule has 5 nitrogen and oxygen atoms in total. The second-order valence-electron chi connectivity index (χ2n) is 3.03. The van der Waals surface area contributed by atoms with Gasteiger partial charge in [-0.1, -0.05) is 0 Å². The molecule has 0 aliphatic carbocycles. The van der Waals surface area contributed by atoms with Gasteiger partial charge >= 0.3 is 0 Å². The van der Waals surface area contributed by atoms with Crippen molar-refractivity contribution < 1.29 is 5.11 Å². The molecule has 2 aromatic heterocycles. The fourth-order valence-electron chi connectivity index (χ4n) is 1.40. The lowest BCUT2D eigenvalue weighted by Gasteiger charge is -2.01. The van der Waals surface area contributed by atoms with E-state index in [0.29, 0.717) is 17.2 Å². The lowest BCUT2D eigenvalue weighted by atomic mass is 10.2. The molecular weight excluding hydrogens is 180 g/mol. The topological polar surface area (TPSA) is 74.2 Å². The molecule has 0 atom stereocenters. The quantitative estimate of drug-likeness (QED) is 0.667. The Morgan fingerprint density at radius 2 is 2.21 bits per heavy atom. The lowest BCUT2D eigenvalue weighted by Crippen LogP contribution is -1.97. The van der Waals surface area contributed by atoms with Crippen molar-refractivity contribution in [3.05, 3.63) is 23.1 Å². The fourth-order valence-corrected chi connectivity index (χ4v) is 1.40. The Bertz CT molecular complexity index is 550. The monoisotopic (exact) mass is 188 g/mol. The van der Waals surface area contributed by atoms with Gasteiger partial charge in [-0.25, -0.2) is 9.50 Å². The first-order valence-electron chi connectivity index (χ1n) is 4.09. The number of nitrogens with zero attached hydrogens (tertiary/aromatic N) is 4. The lowest BCUT2D eigenvalue weighted by molar-refractivity contribution is 0.472. The number of aryl methyl sites for hydroxylation is 2. The van der Waals surface area contributed by atoms with Crippen LogP contribution in [0.25, 0.3) is 5.65 Å². The first-order valence-corrected chi connectivity index (χ1v) is 4.09. The van der Waals surface area contributed by atoms with E-state index in [1.165, 1.54) is 6.07 Å². The molecule has 2 heterocycles. The van der Waals surface area contributed by atoms with Gasteiger partial charge in [0.1, 0.15) is 23.2 Å². The number of aromatic nitrogens is 3. The summed E-state index contributed by atoms with van der Waals surface area (Å²) in [5.41, 5.74) is 1.39. The molecule has 0 spiro atoms. The first kappa shape index (κ1) is 8.51. The molecule has 0 unspecified atom stereocenters. The number of nitriles is 1. The molecule has 0 aliphatic heterocycles. The largest absolute Gasteiger partial charge is 0.506 e. The number of hydrogen-bond acceptors (Lipinski definition) is 4. The summed E-state index contributed by atoms with van der Waals surface area (Å²) in [5.74, 6) is 0.562. The van der Waals surface area contributed by atoms with Gasteiger partial charge in [-0.15, -0.1) is 0 Å². The smallest absolute Gasteiger partial charge is 0.159 e. The van der Waals surface area contributed by atoms with E-state index in [0.717, 1.165) is 0 Å². The molecule has 2 rings (SSSR count). The van der Waals surface area contributed by atoms with Crippen molar-refractivity contribution >= 4 is 5.65 Å². The van der Waals surface area contributed by atoms with Crippen LogP contribution in [0.2, 0.25) is 0 Å². The van der Waals surface area contributed by atoms with Gasteiger partial charge < -0.3 is 5.11 Å². The van der Waals surface area contributed by atoms with E-state index >= 15 is 0 Å². The summed E-state index contributed by atoms with van der Waals surface area (Å²) in [6.45, 7) is 3.48. The van der Waals surface area contributed by atoms with Crippen molar-refractivity contribution in [2.45, 2.75) is 13.8 Å². The van der Waals surface area contributed by atoms with E-state index in [-0.39, 0.29) is 11.3 Å². The van der Waals surface area contributed by atoms with Crippen LogP contribution in [0.15, 0.2) is 6.07 Å². The molecule has 0 bridgehead atoms. The summed E-state index contributed by atoms with van der Waals surface area (Å²) in [6, 6.07) is 3.36. The van der Waals surface area contributed by atoms with Crippen molar-refractivity contribution in [1.82, 2.24) is 14.6 Å². The van der Waals surface area contributed by atoms with Crippen LogP contribution < -0.4 is 0 Å². The number of fused-ring (bicyclic) bond motifs is 1. The molecule has 0 aliphatic rings. The summed E-state index contributed by atoms with van der Waals surface area (Å²) < 4.78 is 1.55. The summed E-state index contributed by atoms with van der Waals surface area (Å²) >= 11 is 0. The minimum Gasteiger partial charge on any atom is -0.506 e. The Morgan fingerprint density at radius 3 is 2.86 bits per heavy atom. The van der Waals surface area contributed by atoms with Crippen LogP contribution in [0.5, 0.6) is 5.75 Å². The minimum absolute atomic E-state index is 0.0510. The minimum atomic E-state index is -0.0510. The molecule has 0 aromatic carbocycles. The fraction of sp³-hybridized carbons (Fsp3) is 0.222. The highest BCUT2D eigenvalue weighted by Crippen LogP contribution is 2.21. The molecule has 2 aromatic rings. The van der Waals surface area contributed by atoms with Crippen molar-refractivity contribution in [2.75, 3.05) is 0 Å². The van der Waals surface area contributed by atoms with Crippen LogP contribution in [0.4, 0.5) is 0 Å².